The van der Waals surface area contributed by atoms with E-state index < -0.39 is 5.82 Å². The molecule has 0 spiro atoms. The first-order chi connectivity index (χ1) is 7.50. The summed E-state index contributed by atoms with van der Waals surface area (Å²) in [4.78, 5) is 0. The van der Waals surface area contributed by atoms with E-state index in [-0.39, 0.29) is 11.9 Å². The molecule has 1 aromatic rings. The van der Waals surface area contributed by atoms with Gasteiger partial charge in [-0.1, -0.05) is 13.8 Å². The van der Waals surface area contributed by atoms with Gasteiger partial charge in [0.15, 0.2) is 0 Å². The molecule has 0 aliphatic carbocycles. The zero-order valence-electron chi connectivity index (χ0n) is 10.1. The normalized spacial score (nSPS) is 13.1. The van der Waals surface area contributed by atoms with Gasteiger partial charge in [0, 0.05) is 11.6 Å². The Morgan fingerprint density at radius 2 is 1.88 bits per heavy atom. The molecule has 1 atom stereocenters. The van der Waals surface area contributed by atoms with E-state index in [9.17, 15) is 8.78 Å². The van der Waals surface area contributed by atoms with Gasteiger partial charge in [-0.25, -0.2) is 8.78 Å². The SMILES string of the molecule is CC(C)CCNC(C)c1cc(F)ccc1F. The Morgan fingerprint density at radius 1 is 1.19 bits per heavy atom. The molecule has 0 heterocycles. The minimum Gasteiger partial charge on any atom is -0.310 e. The second-order valence-electron chi connectivity index (χ2n) is 4.52. The predicted octanol–water partition coefficient (Wildman–Crippen LogP) is 3.66. The van der Waals surface area contributed by atoms with Crippen molar-refractivity contribution in [2.75, 3.05) is 6.54 Å². The average molecular weight is 227 g/mol. The standard InChI is InChI=1S/C13H19F2N/c1-9(2)6-7-16-10(3)12-8-11(14)4-5-13(12)15/h4-5,8-10,16H,6-7H2,1-3H3. The lowest BCUT2D eigenvalue weighted by Crippen LogP contribution is -2.22. The largest absolute Gasteiger partial charge is 0.310 e. The van der Waals surface area contributed by atoms with Crippen LogP contribution in [0.5, 0.6) is 0 Å². The van der Waals surface area contributed by atoms with E-state index in [2.05, 4.69) is 19.2 Å². The van der Waals surface area contributed by atoms with E-state index in [0.717, 1.165) is 19.0 Å². The van der Waals surface area contributed by atoms with Gasteiger partial charge in [-0.05, 0) is 44.0 Å². The quantitative estimate of drug-likeness (QED) is 0.809. The molecule has 0 aliphatic rings. The minimum absolute atomic E-state index is 0.158. The van der Waals surface area contributed by atoms with Crippen molar-refractivity contribution >= 4 is 0 Å². The molecule has 3 heteroatoms. The molecule has 0 aromatic heterocycles. The van der Waals surface area contributed by atoms with Crippen LogP contribution in [0, 0.1) is 17.6 Å². The van der Waals surface area contributed by atoms with Gasteiger partial charge in [0.05, 0.1) is 0 Å². The van der Waals surface area contributed by atoms with Crippen LogP contribution in [-0.4, -0.2) is 6.54 Å². The predicted molar refractivity (Wildman–Crippen MR) is 62.2 cm³/mol. The highest BCUT2D eigenvalue weighted by molar-refractivity contribution is 5.21. The van der Waals surface area contributed by atoms with Crippen LogP contribution >= 0.6 is 0 Å². The number of hydrogen-bond acceptors (Lipinski definition) is 1. The lowest BCUT2D eigenvalue weighted by Gasteiger charge is -2.15. The Kier molecular flexibility index (Phi) is 4.87. The number of halogens is 2. The Labute approximate surface area is 95.9 Å². The van der Waals surface area contributed by atoms with E-state index in [1.165, 1.54) is 12.1 Å². The van der Waals surface area contributed by atoms with Crippen LogP contribution in [0.4, 0.5) is 8.78 Å². The van der Waals surface area contributed by atoms with Gasteiger partial charge in [0.25, 0.3) is 0 Å². The third-order valence-electron chi connectivity index (χ3n) is 2.60. The Bertz CT molecular complexity index is 337. The second kappa shape index (κ2) is 5.94. The molecule has 0 saturated heterocycles. The van der Waals surface area contributed by atoms with E-state index >= 15 is 0 Å². The third-order valence-corrected chi connectivity index (χ3v) is 2.60. The lowest BCUT2D eigenvalue weighted by atomic mass is 10.1. The van der Waals surface area contributed by atoms with E-state index in [4.69, 9.17) is 0 Å². The van der Waals surface area contributed by atoms with Gasteiger partial charge in [0.2, 0.25) is 0 Å². The molecular formula is C13H19F2N. The number of hydrogen-bond donors (Lipinski definition) is 1. The molecule has 0 radical (unpaired) electrons. The molecule has 0 bridgehead atoms. The molecule has 0 fully saturated rings. The topological polar surface area (TPSA) is 12.0 Å². The number of benzene rings is 1. The minimum atomic E-state index is -0.395. The third kappa shape index (κ3) is 3.89. The maximum Gasteiger partial charge on any atom is 0.128 e. The van der Waals surface area contributed by atoms with Gasteiger partial charge >= 0.3 is 0 Å². The van der Waals surface area contributed by atoms with Crippen LogP contribution in [0.25, 0.3) is 0 Å². The van der Waals surface area contributed by atoms with Crippen molar-refractivity contribution in [2.45, 2.75) is 33.2 Å². The average Bonchev–Trinajstić information content (AvgIpc) is 2.21. The van der Waals surface area contributed by atoms with Crippen LogP contribution < -0.4 is 5.32 Å². The van der Waals surface area contributed by atoms with Crippen LogP contribution in [0.15, 0.2) is 18.2 Å². The van der Waals surface area contributed by atoms with Crippen molar-refractivity contribution in [2.24, 2.45) is 5.92 Å². The van der Waals surface area contributed by atoms with Crippen molar-refractivity contribution in [3.63, 3.8) is 0 Å². The van der Waals surface area contributed by atoms with Gasteiger partial charge in [-0.2, -0.15) is 0 Å². The first-order valence-electron chi connectivity index (χ1n) is 5.69. The summed E-state index contributed by atoms with van der Waals surface area (Å²) in [6.45, 7) is 6.93. The molecule has 1 rings (SSSR count). The summed E-state index contributed by atoms with van der Waals surface area (Å²) in [5, 5.41) is 3.19. The fourth-order valence-electron chi connectivity index (χ4n) is 1.54. The first kappa shape index (κ1) is 13.1. The molecule has 0 aliphatic heterocycles. The van der Waals surface area contributed by atoms with E-state index in [1.54, 1.807) is 0 Å². The summed E-state index contributed by atoms with van der Waals surface area (Å²) in [6, 6.07) is 3.40. The Balaban J connectivity index is 2.58. The zero-order valence-corrected chi connectivity index (χ0v) is 10.1. The summed E-state index contributed by atoms with van der Waals surface area (Å²) in [7, 11) is 0. The summed E-state index contributed by atoms with van der Waals surface area (Å²) in [5.41, 5.74) is 0.392. The van der Waals surface area contributed by atoms with Crippen LogP contribution in [0.2, 0.25) is 0 Å². The van der Waals surface area contributed by atoms with Crippen LogP contribution in [-0.2, 0) is 0 Å². The van der Waals surface area contributed by atoms with Crippen LogP contribution in [0.3, 0.4) is 0 Å². The maximum absolute atomic E-state index is 13.4. The van der Waals surface area contributed by atoms with Gasteiger partial charge < -0.3 is 5.32 Å². The number of nitrogens with one attached hydrogen (secondary N) is 1. The van der Waals surface area contributed by atoms with Crippen molar-refractivity contribution in [1.82, 2.24) is 5.32 Å². The summed E-state index contributed by atoms with van der Waals surface area (Å²) < 4.78 is 26.4. The van der Waals surface area contributed by atoms with Gasteiger partial charge in [0.1, 0.15) is 11.6 Å². The Hall–Kier alpha value is -0.960. The monoisotopic (exact) mass is 227 g/mol. The maximum atomic E-state index is 13.4. The van der Waals surface area contributed by atoms with Gasteiger partial charge in [-0.3, -0.25) is 0 Å². The molecule has 1 N–H and O–H groups in total. The molecule has 1 nitrogen and oxygen atoms in total. The van der Waals surface area contributed by atoms with Crippen molar-refractivity contribution in [3.8, 4) is 0 Å². The fourth-order valence-corrected chi connectivity index (χ4v) is 1.54. The van der Waals surface area contributed by atoms with Crippen molar-refractivity contribution in [3.05, 3.63) is 35.4 Å². The molecule has 90 valence electrons. The second-order valence-corrected chi connectivity index (χ2v) is 4.52. The molecule has 0 saturated carbocycles. The number of rotatable bonds is 5. The Morgan fingerprint density at radius 3 is 2.50 bits per heavy atom. The molecular weight excluding hydrogens is 208 g/mol. The summed E-state index contributed by atoms with van der Waals surface area (Å²) >= 11 is 0. The lowest BCUT2D eigenvalue weighted by molar-refractivity contribution is 0.479. The molecule has 0 amide bonds. The highest BCUT2D eigenvalue weighted by Crippen LogP contribution is 2.18. The van der Waals surface area contributed by atoms with E-state index in [1.807, 2.05) is 6.92 Å². The first-order valence-corrected chi connectivity index (χ1v) is 5.69. The molecule has 1 aromatic carbocycles. The zero-order chi connectivity index (χ0) is 12.1. The highest BCUT2D eigenvalue weighted by atomic mass is 19.1. The molecule has 16 heavy (non-hydrogen) atoms. The van der Waals surface area contributed by atoms with E-state index in [0.29, 0.717) is 11.5 Å². The molecule has 1 unspecified atom stereocenters. The smallest absolute Gasteiger partial charge is 0.128 e. The highest BCUT2D eigenvalue weighted by Gasteiger charge is 2.11. The van der Waals surface area contributed by atoms with Gasteiger partial charge in [-0.15, -0.1) is 0 Å². The van der Waals surface area contributed by atoms with Crippen LogP contribution in [0.1, 0.15) is 38.8 Å². The summed E-state index contributed by atoms with van der Waals surface area (Å²) in [5.74, 6) is -0.142. The fraction of sp³-hybridized carbons (Fsp3) is 0.538. The van der Waals surface area contributed by atoms with Crippen molar-refractivity contribution in [1.29, 1.82) is 0 Å². The van der Waals surface area contributed by atoms with Crippen molar-refractivity contribution < 1.29 is 8.78 Å². The summed E-state index contributed by atoms with van der Waals surface area (Å²) in [6.07, 6.45) is 1.03.